The van der Waals surface area contributed by atoms with E-state index < -0.39 is 5.82 Å². The summed E-state index contributed by atoms with van der Waals surface area (Å²) >= 11 is 0. The Morgan fingerprint density at radius 1 is 1.33 bits per heavy atom. The molecule has 92 valence electrons. The van der Waals surface area contributed by atoms with Crippen molar-refractivity contribution >= 4 is 17.4 Å². The molecule has 0 bridgehead atoms. The lowest BCUT2D eigenvalue weighted by Crippen LogP contribution is -2.27. The third-order valence-electron chi connectivity index (χ3n) is 2.39. The minimum absolute atomic E-state index is 0.149. The number of anilines is 2. The van der Waals surface area contributed by atoms with E-state index in [1.165, 1.54) is 42.5 Å². The fourth-order valence-electron chi connectivity index (χ4n) is 1.42. The highest BCUT2D eigenvalue weighted by Crippen LogP contribution is 2.15. The standard InChI is InChI=1S/C12H11FN4O/c1-17(9-4-2-3-8(13)5-9)12(18)10-6-16-11(14)7-15-10/h2-7H,1H3,(H2,14,16). The SMILES string of the molecule is CN(C(=O)c1cnc(N)cn1)c1cccc(F)c1. The minimum Gasteiger partial charge on any atom is -0.382 e. The molecule has 2 rings (SSSR count). The number of nitrogens with two attached hydrogens (primary N) is 1. The maximum absolute atomic E-state index is 13.1. The summed E-state index contributed by atoms with van der Waals surface area (Å²) in [6, 6.07) is 5.74. The number of carbonyl (C=O) groups is 1. The minimum atomic E-state index is -0.407. The number of carbonyl (C=O) groups excluding carboxylic acids is 1. The van der Waals surface area contributed by atoms with E-state index in [1.807, 2.05) is 0 Å². The van der Waals surface area contributed by atoms with Gasteiger partial charge in [0.15, 0.2) is 0 Å². The molecule has 0 saturated carbocycles. The molecule has 1 heterocycles. The fraction of sp³-hybridized carbons (Fsp3) is 0.0833. The average Bonchev–Trinajstić information content (AvgIpc) is 2.38. The summed E-state index contributed by atoms with van der Waals surface area (Å²) in [6.45, 7) is 0. The molecule has 0 radical (unpaired) electrons. The largest absolute Gasteiger partial charge is 0.382 e. The van der Waals surface area contributed by atoms with Crippen molar-refractivity contribution in [2.24, 2.45) is 0 Å². The first-order valence-corrected chi connectivity index (χ1v) is 5.19. The molecule has 1 amide bonds. The molecule has 0 aliphatic rings. The molecule has 0 aliphatic heterocycles. The number of nitrogens with zero attached hydrogens (tertiary/aromatic N) is 3. The third kappa shape index (κ3) is 2.42. The maximum Gasteiger partial charge on any atom is 0.278 e. The highest BCUT2D eigenvalue weighted by Gasteiger charge is 2.15. The van der Waals surface area contributed by atoms with Gasteiger partial charge in [0.25, 0.3) is 5.91 Å². The molecule has 18 heavy (non-hydrogen) atoms. The summed E-state index contributed by atoms with van der Waals surface area (Å²) in [7, 11) is 1.54. The van der Waals surface area contributed by atoms with Crippen LogP contribution in [0, 0.1) is 5.82 Å². The molecule has 2 aromatic rings. The lowest BCUT2D eigenvalue weighted by atomic mass is 10.2. The van der Waals surface area contributed by atoms with Crippen molar-refractivity contribution in [1.29, 1.82) is 0 Å². The van der Waals surface area contributed by atoms with E-state index in [9.17, 15) is 9.18 Å². The molecular weight excluding hydrogens is 235 g/mol. The zero-order valence-corrected chi connectivity index (χ0v) is 9.67. The molecule has 5 nitrogen and oxygen atoms in total. The van der Waals surface area contributed by atoms with Crippen LogP contribution in [0.5, 0.6) is 0 Å². The first kappa shape index (κ1) is 12.0. The molecule has 0 saturated heterocycles. The van der Waals surface area contributed by atoms with Crippen molar-refractivity contribution in [2.75, 3.05) is 17.7 Å². The van der Waals surface area contributed by atoms with Gasteiger partial charge in [-0.2, -0.15) is 0 Å². The van der Waals surface area contributed by atoms with Gasteiger partial charge >= 0.3 is 0 Å². The predicted molar refractivity (Wildman–Crippen MR) is 65.6 cm³/mol. The van der Waals surface area contributed by atoms with Crippen LogP contribution in [-0.2, 0) is 0 Å². The lowest BCUT2D eigenvalue weighted by Gasteiger charge is -2.16. The molecule has 6 heteroatoms. The Hall–Kier alpha value is -2.50. The first-order valence-electron chi connectivity index (χ1n) is 5.19. The van der Waals surface area contributed by atoms with Gasteiger partial charge in [-0.15, -0.1) is 0 Å². The molecule has 0 fully saturated rings. The second-order valence-electron chi connectivity index (χ2n) is 3.67. The highest BCUT2D eigenvalue weighted by atomic mass is 19.1. The molecule has 0 unspecified atom stereocenters. The summed E-state index contributed by atoms with van der Waals surface area (Å²) < 4.78 is 13.1. The van der Waals surface area contributed by atoms with E-state index in [4.69, 9.17) is 5.73 Å². The molecule has 1 aromatic heterocycles. The zero-order valence-electron chi connectivity index (χ0n) is 9.67. The van der Waals surface area contributed by atoms with Crippen molar-refractivity contribution in [2.45, 2.75) is 0 Å². The Balaban J connectivity index is 2.26. The van der Waals surface area contributed by atoms with E-state index in [0.717, 1.165) is 0 Å². The van der Waals surface area contributed by atoms with Gasteiger partial charge in [0.2, 0.25) is 0 Å². The average molecular weight is 246 g/mol. The zero-order chi connectivity index (χ0) is 13.1. The van der Waals surface area contributed by atoms with Crippen molar-refractivity contribution in [3.05, 3.63) is 48.2 Å². The van der Waals surface area contributed by atoms with Gasteiger partial charge in [-0.05, 0) is 18.2 Å². The summed E-state index contributed by atoms with van der Waals surface area (Å²) in [5.74, 6) is -0.552. The number of halogens is 1. The highest BCUT2D eigenvalue weighted by molar-refractivity contribution is 6.04. The number of rotatable bonds is 2. The molecule has 2 N–H and O–H groups in total. The van der Waals surface area contributed by atoms with Gasteiger partial charge in [-0.3, -0.25) is 4.79 Å². The van der Waals surface area contributed by atoms with Gasteiger partial charge in [-0.25, -0.2) is 14.4 Å². The number of aromatic nitrogens is 2. The summed E-state index contributed by atoms with van der Waals surface area (Å²) in [5.41, 5.74) is 5.98. The number of benzene rings is 1. The van der Waals surface area contributed by atoms with Crippen LogP contribution >= 0.6 is 0 Å². The van der Waals surface area contributed by atoms with Crippen LogP contribution in [0.3, 0.4) is 0 Å². The Kier molecular flexibility index (Phi) is 3.18. The Labute approximate surface area is 103 Å². The van der Waals surface area contributed by atoms with E-state index >= 15 is 0 Å². The van der Waals surface area contributed by atoms with Crippen molar-refractivity contribution in [1.82, 2.24) is 9.97 Å². The second kappa shape index (κ2) is 4.79. The van der Waals surface area contributed by atoms with Gasteiger partial charge in [0, 0.05) is 12.7 Å². The molecule has 1 aromatic carbocycles. The number of amides is 1. The number of nitrogen functional groups attached to an aromatic ring is 1. The first-order chi connectivity index (χ1) is 8.58. The predicted octanol–water partition coefficient (Wildman–Crippen LogP) is 1.47. The third-order valence-corrected chi connectivity index (χ3v) is 2.39. The monoisotopic (exact) mass is 246 g/mol. The molecule has 0 spiro atoms. The number of hydrogen-bond donors (Lipinski definition) is 1. The van der Waals surface area contributed by atoms with Crippen molar-refractivity contribution < 1.29 is 9.18 Å². The van der Waals surface area contributed by atoms with Crippen LogP contribution in [0.4, 0.5) is 15.9 Å². The van der Waals surface area contributed by atoms with Gasteiger partial charge < -0.3 is 10.6 Å². The normalized spacial score (nSPS) is 10.1. The van der Waals surface area contributed by atoms with Crippen molar-refractivity contribution in [3.63, 3.8) is 0 Å². The van der Waals surface area contributed by atoms with E-state index in [2.05, 4.69) is 9.97 Å². The van der Waals surface area contributed by atoms with E-state index in [0.29, 0.717) is 5.69 Å². The molecular formula is C12H11FN4O. The molecule has 0 aliphatic carbocycles. The maximum atomic E-state index is 13.1. The lowest BCUT2D eigenvalue weighted by molar-refractivity contribution is 0.0988. The summed E-state index contributed by atoms with van der Waals surface area (Å²) in [5, 5.41) is 0. The quantitative estimate of drug-likeness (QED) is 0.871. The van der Waals surface area contributed by atoms with Crippen LogP contribution in [0.2, 0.25) is 0 Å². The van der Waals surface area contributed by atoms with Crippen molar-refractivity contribution in [3.8, 4) is 0 Å². The van der Waals surface area contributed by atoms with Crippen LogP contribution in [-0.4, -0.2) is 22.9 Å². The van der Waals surface area contributed by atoms with Crippen LogP contribution < -0.4 is 10.6 Å². The van der Waals surface area contributed by atoms with Gasteiger partial charge in [0.05, 0.1) is 12.4 Å². The summed E-state index contributed by atoms with van der Waals surface area (Å²) in [6.07, 6.45) is 2.58. The van der Waals surface area contributed by atoms with Gasteiger partial charge in [0.1, 0.15) is 17.3 Å². The Morgan fingerprint density at radius 3 is 2.72 bits per heavy atom. The van der Waals surface area contributed by atoms with E-state index in [1.54, 1.807) is 6.07 Å². The Bertz CT molecular complexity index is 571. The van der Waals surface area contributed by atoms with Crippen LogP contribution in [0.15, 0.2) is 36.7 Å². The van der Waals surface area contributed by atoms with Crippen LogP contribution in [0.1, 0.15) is 10.5 Å². The Morgan fingerprint density at radius 2 is 2.11 bits per heavy atom. The number of hydrogen-bond acceptors (Lipinski definition) is 4. The molecule has 0 atom stereocenters. The summed E-state index contributed by atoms with van der Waals surface area (Å²) in [4.78, 5) is 21.0. The van der Waals surface area contributed by atoms with Gasteiger partial charge in [-0.1, -0.05) is 6.07 Å². The fourth-order valence-corrected chi connectivity index (χ4v) is 1.42. The van der Waals surface area contributed by atoms with Crippen LogP contribution in [0.25, 0.3) is 0 Å². The second-order valence-corrected chi connectivity index (χ2v) is 3.67. The smallest absolute Gasteiger partial charge is 0.278 e. The van der Waals surface area contributed by atoms with E-state index in [-0.39, 0.29) is 17.4 Å². The topological polar surface area (TPSA) is 72.1 Å².